The highest BCUT2D eigenvalue weighted by molar-refractivity contribution is 5.41. The highest BCUT2D eigenvalue weighted by Crippen LogP contribution is 2.21. The summed E-state index contributed by atoms with van der Waals surface area (Å²) < 4.78 is 5.75. The van der Waals surface area contributed by atoms with Gasteiger partial charge in [0.05, 0.1) is 0 Å². The molecule has 1 aromatic carbocycles. The van der Waals surface area contributed by atoms with Gasteiger partial charge in [0.15, 0.2) is 0 Å². The molecule has 0 aliphatic carbocycles. The van der Waals surface area contributed by atoms with Gasteiger partial charge >= 0.3 is 0 Å². The van der Waals surface area contributed by atoms with Gasteiger partial charge in [-0.3, -0.25) is 0 Å². The van der Waals surface area contributed by atoms with Crippen LogP contribution in [0.1, 0.15) is 27.2 Å². The lowest BCUT2D eigenvalue weighted by atomic mass is 10.1. The minimum absolute atomic E-state index is 0.101. The largest absolute Gasteiger partial charge is 0.488 e. The minimum Gasteiger partial charge on any atom is -0.488 e. The molecular weight excluding hydrogens is 162 g/mol. The Bertz CT molecular complexity index is 264. The average molecular weight is 179 g/mol. The molecule has 2 N–H and O–H groups in total. The molecule has 2 nitrogen and oxygen atoms in total. The van der Waals surface area contributed by atoms with Crippen molar-refractivity contribution in [2.24, 2.45) is 0 Å². The lowest BCUT2D eigenvalue weighted by molar-refractivity contribution is 0.105. The van der Waals surface area contributed by atoms with Crippen molar-refractivity contribution in [3.63, 3.8) is 0 Å². The van der Waals surface area contributed by atoms with Crippen molar-refractivity contribution >= 4 is 5.69 Å². The molecular formula is C11H17NO. The van der Waals surface area contributed by atoms with Crippen LogP contribution in [0.25, 0.3) is 0 Å². The van der Waals surface area contributed by atoms with Crippen LogP contribution < -0.4 is 10.5 Å². The maximum atomic E-state index is 5.75. The Labute approximate surface area is 79.7 Å². The number of hydrogen-bond acceptors (Lipinski definition) is 2. The number of benzene rings is 1. The van der Waals surface area contributed by atoms with Gasteiger partial charge in [-0.05, 0) is 44.5 Å². The van der Waals surface area contributed by atoms with E-state index < -0.39 is 0 Å². The monoisotopic (exact) mass is 179 g/mol. The van der Waals surface area contributed by atoms with Crippen LogP contribution in [-0.4, -0.2) is 5.60 Å². The molecule has 0 bridgehead atoms. The van der Waals surface area contributed by atoms with Gasteiger partial charge in [-0.15, -0.1) is 0 Å². The van der Waals surface area contributed by atoms with E-state index in [1.165, 1.54) is 0 Å². The molecule has 0 radical (unpaired) electrons. The Morgan fingerprint density at radius 1 is 1.23 bits per heavy atom. The molecule has 13 heavy (non-hydrogen) atoms. The second-order valence-electron chi connectivity index (χ2n) is 3.78. The molecule has 0 heterocycles. The third-order valence-electron chi connectivity index (χ3n) is 2.13. The fourth-order valence-corrected chi connectivity index (χ4v) is 0.927. The molecule has 0 unspecified atom stereocenters. The summed E-state index contributed by atoms with van der Waals surface area (Å²) in [6, 6.07) is 7.49. The molecule has 0 atom stereocenters. The van der Waals surface area contributed by atoms with Crippen LogP contribution in [0.2, 0.25) is 0 Å². The first-order valence-electron chi connectivity index (χ1n) is 4.58. The molecule has 72 valence electrons. The third-order valence-corrected chi connectivity index (χ3v) is 2.13. The first-order chi connectivity index (χ1) is 6.03. The van der Waals surface area contributed by atoms with E-state index in [1.807, 2.05) is 24.3 Å². The highest BCUT2D eigenvalue weighted by atomic mass is 16.5. The number of rotatable bonds is 3. The first-order valence-corrected chi connectivity index (χ1v) is 4.58. The van der Waals surface area contributed by atoms with Gasteiger partial charge in [-0.2, -0.15) is 0 Å². The van der Waals surface area contributed by atoms with Crippen LogP contribution >= 0.6 is 0 Å². The molecule has 0 spiro atoms. The third kappa shape index (κ3) is 2.98. The van der Waals surface area contributed by atoms with Gasteiger partial charge in [0.2, 0.25) is 0 Å². The van der Waals surface area contributed by atoms with E-state index in [0.717, 1.165) is 17.9 Å². The van der Waals surface area contributed by atoms with E-state index >= 15 is 0 Å². The lowest BCUT2D eigenvalue weighted by Gasteiger charge is -2.24. The van der Waals surface area contributed by atoms with E-state index in [-0.39, 0.29) is 5.60 Å². The maximum Gasteiger partial charge on any atom is 0.120 e. The normalized spacial score (nSPS) is 11.3. The van der Waals surface area contributed by atoms with Gasteiger partial charge in [0.25, 0.3) is 0 Å². The zero-order valence-corrected chi connectivity index (χ0v) is 8.50. The molecule has 0 aliphatic heterocycles. The summed E-state index contributed by atoms with van der Waals surface area (Å²) in [5.74, 6) is 0.876. The number of nitrogens with two attached hydrogens (primary N) is 1. The Hall–Kier alpha value is -1.18. The standard InChI is InChI=1S/C11H17NO/c1-4-11(2,3)13-10-7-5-9(12)6-8-10/h5-8H,4,12H2,1-3H3. The molecule has 0 fully saturated rings. The van der Waals surface area contributed by atoms with E-state index in [9.17, 15) is 0 Å². The summed E-state index contributed by atoms with van der Waals surface area (Å²) >= 11 is 0. The van der Waals surface area contributed by atoms with Crippen molar-refractivity contribution in [3.05, 3.63) is 24.3 Å². The molecule has 0 saturated heterocycles. The number of hydrogen-bond donors (Lipinski definition) is 1. The number of ether oxygens (including phenoxy) is 1. The zero-order chi connectivity index (χ0) is 9.90. The Balaban J connectivity index is 2.69. The predicted molar refractivity (Wildman–Crippen MR) is 55.9 cm³/mol. The fourth-order valence-electron chi connectivity index (χ4n) is 0.927. The van der Waals surface area contributed by atoms with Crippen LogP contribution in [0.5, 0.6) is 5.75 Å². The van der Waals surface area contributed by atoms with Crippen molar-refractivity contribution in [3.8, 4) is 5.75 Å². The van der Waals surface area contributed by atoms with Crippen molar-refractivity contribution in [2.75, 3.05) is 5.73 Å². The van der Waals surface area contributed by atoms with Gasteiger partial charge in [0, 0.05) is 5.69 Å². The second-order valence-corrected chi connectivity index (χ2v) is 3.78. The predicted octanol–water partition coefficient (Wildman–Crippen LogP) is 2.84. The first kappa shape index (κ1) is 9.90. The highest BCUT2D eigenvalue weighted by Gasteiger charge is 2.16. The number of anilines is 1. The summed E-state index contributed by atoms with van der Waals surface area (Å²) in [7, 11) is 0. The van der Waals surface area contributed by atoms with Crippen molar-refractivity contribution in [1.82, 2.24) is 0 Å². The van der Waals surface area contributed by atoms with E-state index in [4.69, 9.17) is 10.5 Å². The van der Waals surface area contributed by atoms with E-state index in [0.29, 0.717) is 0 Å². The molecule has 1 aromatic rings. The quantitative estimate of drug-likeness (QED) is 0.724. The Morgan fingerprint density at radius 2 is 1.77 bits per heavy atom. The molecule has 0 saturated carbocycles. The molecule has 0 amide bonds. The van der Waals surface area contributed by atoms with Gasteiger partial charge in [0.1, 0.15) is 11.4 Å². The topological polar surface area (TPSA) is 35.2 Å². The molecule has 0 aliphatic rings. The lowest BCUT2D eigenvalue weighted by Crippen LogP contribution is -2.26. The molecule has 1 rings (SSSR count). The van der Waals surface area contributed by atoms with Crippen molar-refractivity contribution in [1.29, 1.82) is 0 Å². The van der Waals surface area contributed by atoms with Gasteiger partial charge in [-0.25, -0.2) is 0 Å². The summed E-state index contributed by atoms with van der Waals surface area (Å²) in [5, 5.41) is 0. The zero-order valence-electron chi connectivity index (χ0n) is 8.50. The van der Waals surface area contributed by atoms with Crippen molar-refractivity contribution < 1.29 is 4.74 Å². The number of nitrogen functional groups attached to an aromatic ring is 1. The SMILES string of the molecule is CCC(C)(C)Oc1ccc(N)cc1. The minimum atomic E-state index is -0.101. The molecule has 0 aromatic heterocycles. The summed E-state index contributed by atoms with van der Waals surface area (Å²) in [6.07, 6.45) is 0.984. The maximum absolute atomic E-state index is 5.75. The van der Waals surface area contributed by atoms with Crippen LogP contribution in [0.4, 0.5) is 5.69 Å². The fraction of sp³-hybridized carbons (Fsp3) is 0.455. The van der Waals surface area contributed by atoms with Crippen LogP contribution in [0.3, 0.4) is 0 Å². The van der Waals surface area contributed by atoms with E-state index in [1.54, 1.807) is 0 Å². The van der Waals surface area contributed by atoms with Crippen LogP contribution in [-0.2, 0) is 0 Å². The van der Waals surface area contributed by atoms with Crippen LogP contribution in [0, 0.1) is 0 Å². The van der Waals surface area contributed by atoms with Gasteiger partial charge in [-0.1, -0.05) is 6.92 Å². The van der Waals surface area contributed by atoms with E-state index in [2.05, 4.69) is 20.8 Å². The smallest absolute Gasteiger partial charge is 0.120 e. The summed E-state index contributed by atoms with van der Waals surface area (Å²) in [6.45, 7) is 6.25. The van der Waals surface area contributed by atoms with Crippen LogP contribution in [0.15, 0.2) is 24.3 Å². The van der Waals surface area contributed by atoms with Gasteiger partial charge < -0.3 is 10.5 Å². The Kier molecular flexibility index (Phi) is 2.81. The summed E-state index contributed by atoms with van der Waals surface area (Å²) in [5.41, 5.74) is 6.23. The average Bonchev–Trinajstić information content (AvgIpc) is 2.09. The summed E-state index contributed by atoms with van der Waals surface area (Å²) in [4.78, 5) is 0. The van der Waals surface area contributed by atoms with Crippen molar-refractivity contribution in [2.45, 2.75) is 32.8 Å². The molecule has 2 heteroatoms. The Morgan fingerprint density at radius 3 is 2.23 bits per heavy atom. The second kappa shape index (κ2) is 3.69.